The van der Waals surface area contributed by atoms with E-state index < -0.39 is 11.9 Å². The molecule has 6 nitrogen and oxygen atoms in total. The number of aromatic nitrogens is 2. The third-order valence-corrected chi connectivity index (χ3v) is 2.95. The lowest BCUT2D eigenvalue weighted by molar-refractivity contribution is 0.0692. The summed E-state index contributed by atoms with van der Waals surface area (Å²) in [5, 5.41) is 10.6. The van der Waals surface area contributed by atoms with Crippen LogP contribution in [0.5, 0.6) is 0 Å². The summed E-state index contributed by atoms with van der Waals surface area (Å²) in [5.41, 5.74) is 6.08. The molecule has 0 aliphatic heterocycles. The number of aromatic amines is 1. The lowest BCUT2D eigenvalue weighted by Crippen LogP contribution is -2.15. The van der Waals surface area contributed by atoms with Gasteiger partial charge < -0.3 is 15.8 Å². The molecule has 0 saturated carbocycles. The minimum Gasteiger partial charge on any atom is -0.476 e. The highest BCUT2D eigenvalue weighted by Crippen LogP contribution is 2.27. The molecule has 3 rings (SSSR count). The first kappa shape index (κ1) is 11.2. The van der Waals surface area contributed by atoms with Crippen molar-refractivity contribution in [2.75, 3.05) is 0 Å². The van der Waals surface area contributed by atoms with Gasteiger partial charge in [0.1, 0.15) is 5.69 Å². The molecule has 1 aromatic carbocycles. The maximum Gasteiger partial charge on any atom is 0.356 e. The van der Waals surface area contributed by atoms with Gasteiger partial charge in [-0.25, -0.2) is 9.78 Å². The summed E-state index contributed by atoms with van der Waals surface area (Å²) in [6, 6.07) is 8.83. The van der Waals surface area contributed by atoms with E-state index >= 15 is 0 Å². The number of hydrogen-bond acceptors (Lipinski definition) is 3. The van der Waals surface area contributed by atoms with Crippen molar-refractivity contribution < 1.29 is 14.7 Å². The topological polar surface area (TPSA) is 109 Å². The van der Waals surface area contributed by atoms with Crippen LogP contribution in [0.25, 0.3) is 21.8 Å². The van der Waals surface area contributed by atoms with Crippen molar-refractivity contribution in [3.05, 3.63) is 41.7 Å². The SMILES string of the molecule is NC(=O)c1cc2c([nH]c3ccccc32)c(C(=O)O)n1. The van der Waals surface area contributed by atoms with Crippen molar-refractivity contribution >= 4 is 33.7 Å². The Bertz CT molecular complexity index is 836. The van der Waals surface area contributed by atoms with Gasteiger partial charge in [-0.3, -0.25) is 4.79 Å². The van der Waals surface area contributed by atoms with Crippen molar-refractivity contribution in [3.63, 3.8) is 0 Å². The van der Waals surface area contributed by atoms with Crippen LogP contribution in [-0.4, -0.2) is 27.0 Å². The van der Waals surface area contributed by atoms with Crippen LogP contribution in [0.4, 0.5) is 0 Å². The van der Waals surface area contributed by atoms with Gasteiger partial charge >= 0.3 is 5.97 Å². The van der Waals surface area contributed by atoms with Crippen molar-refractivity contribution in [1.29, 1.82) is 0 Å². The molecule has 0 fully saturated rings. The minimum atomic E-state index is -1.21. The lowest BCUT2D eigenvalue weighted by Gasteiger charge is -2.00. The molecule has 2 heterocycles. The summed E-state index contributed by atoms with van der Waals surface area (Å²) in [7, 11) is 0. The first-order valence-corrected chi connectivity index (χ1v) is 5.52. The van der Waals surface area contributed by atoms with Crippen LogP contribution >= 0.6 is 0 Å². The fraction of sp³-hybridized carbons (Fsp3) is 0. The van der Waals surface area contributed by atoms with Crippen molar-refractivity contribution in [2.24, 2.45) is 5.73 Å². The van der Waals surface area contributed by atoms with Gasteiger partial charge in [0.15, 0.2) is 5.69 Å². The van der Waals surface area contributed by atoms with Crippen molar-refractivity contribution in [3.8, 4) is 0 Å². The molecule has 0 unspecified atom stereocenters. The van der Waals surface area contributed by atoms with E-state index in [0.29, 0.717) is 10.9 Å². The number of benzene rings is 1. The third-order valence-electron chi connectivity index (χ3n) is 2.95. The number of nitrogens with one attached hydrogen (secondary N) is 1. The van der Waals surface area contributed by atoms with Crippen LogP contribution in [0.3, 0.4) is 0 Å². The van der Waals surface area contributed by atoms with E-state index in [0.717, 1.165) is 10.9 Å². The van der Waals surface area contributed by atoms with Gasteiger partial charge in [-0.2, -0.15) is 0 Å². The van der Waals surface area contributed by atoms with E-state index in [4.69, 9.17) is 5.73 Å². The maximum absolute atomic E-state index is 11.2. The van der Waals surface area contributed by atoms with Crippen LogP contribution in [0, 0.1) is 0 Å². The molecule has 0 radical (unpaired) electrons. The molecule has 0 aliphatic carbocycles. The second-order valence-corrected chi connectivity index (χ2v) is 4.12. The Labute approximate surface area is 106 Å². The van der Waals surface area contributed by atoms with Gasteiger partial charge in [0.2, 0.25) is 0 Å². The van der Waals surface area contributed by atoms with E-state index in [1.54, 1.807) is 0 Å². The number of primary amides is 1. The standard InChI is InChI=1S/C13H9N3O3/c14-12(17)9-5-7-6-3-1-2-4-8(6)15-10(7)11(16-9)13(18)19/h1-5,15H,(H2,14,17)(H,18,19). The number of carboxylic acid groups (broad SMARTS) is 1. The number of carbonyl (C=O) groups excluding carboxylic acids is 1. The van der Waals surface area contributed by atoms with Crippen LogP contribution in [-0.2, 0) is 0 Å². The molecule has 2 aromatic heterocycles. The zero-order chi connectivity index (χ0) is 13.6. The Morgan fingerprint density at radius 2 is 1.95 bits per heavy atom. The Morgan fingerprint density at radius 1 is 1.21 bits per heavy atom. The number of fused-ring (bicyclic) bond motifs is 3. The number of nitrogens with two attached hydrogens (primary N) is 1. The highest BCUT2D eigenvalue weighted by Gasteiger charge is 2.18. The fourth-order valence-corrected chi connectivity index (χ4v) is 2.13. The second-order valence-electron chi connectivity index (χ2n) is 4.12. The first-order valence-electron chi connectivity index (χ1n) is 5.52. The van der Waals surface area contributed by atoms with Crippen LogP contribution in [0.15, 0.2) is 30.3 Å². The third kappa shape index (κ3) is 1.61. The summed E-state index contributed by atoms with van der Waals surface area (Å²) in [4.78, 5) is 29.3. The molecule has 0 bridgehead atoms. The Hall–Kier alpha value is -2.89. The first-order chi connectivity index (χ1) is 9.08. The number of H-pyrrole nitrogens is 1. The van der Waals surface area contributed by atoms with Gasteiger partial charge in [0.05, 0.1) is 5.52 Å². The zero-order valence-corrected chi connectivity index (χ0v) is 9.68. The predicted octanol–water partition coefficient (Wildman–Crippen LogP) is 1.51. The Morgan fingerprint density at radius 3 is 2.63 bits per heavy atom. The molecular weight excluding hydrogens is 246 g/mol. The van der Waals surface area contributed by atoms with Crippen LogP contribution < -0.4 is 5.73 Å². The molecule has 6 heteroatoms. The molecule has 0 saturated heterocycles. The summed E-state index contributed by atoms with van der Waals surface area (Å²) >= 11 is 0. The molecule has 4 N–H and O–H groups in total. The molecule has 19 heavy (non-hydrogen) atoms. The van der Waals surface area contributed by atoms with E-state index in [1.807, 2.05) is 24.3 Å². The molecule has 0 atom stereocenters. The number of amides is 1. The van der Waals surface area contributed by atoms with Crippen LogP contribution in [0.2, 0.25) is 0 Å². The lowest BCUT2D eigenvalue weighted by atomic mass is 10.1. The van der Waals surface area contributed by atoms with Gasteiger partial charge in [-0.05, 0) is 12.1 Å². The number of hydrogen-bond donors (Lipinski definition) is 3. The fourth-order valence-electron chi connectivity index (χ4n) is 2.13. The molecule has 1 amide bonds. The van der Waals surface area contributed by atoms with Gasteiger partial charge in [0.25, 0.3) is 5.91 Å². The smallest absolute Gasteiger partial charge is 0.356 e. The number of carbonyl (C=O) groups is 2. The van der Waals surface area contributed by atoms with Gasteiger partial charge in [-0.15, -0.1) is 0 Å². The van der Waals surface area contributed by atoms with Crippen molar-refractivity contribution in [2.45, 2.75) is 0 Å². The van der Waals surface area contributed by atoms with E-state index in [9.17, 15) is 14.7 Å². The average Bonchev–Trinajstić information content (AvgIpc) is 2.75. The summed E-state index contributed by atoms with van der Waals surface area (Å²) < 4.78 is 0. The monoisotopic (exact) mass is 255 g/mol. The summed E-state index contributed by atoms with van der Waals surface area (Å²) in [6.45, 7) is 0. The summed E-state index contributed by atoms with van der Waals surface area (Å²) in [6.07, 6.45) is 0. The van der Waals surface area contributed by atoms with E-state index in [2.05, 4.69) is 9.97 Å². The zero-order valence-electron chi connectivity index (χ0n) is 9.68. The number of nitrogens with zero attached hydrogens (tertiary/aromatic N) is 1. The van der Waals surface area contributed by atoms with Crippen LogP contribution in [0.1, 0.15) is 21.0 Å². The molecule has 0 aliphatic rings. The normalized spacial score (nSPS) is 10.9. The Balaban J connectivity index is 2.52. The highest BCUT2D eigenvalue weighted by atomic mass is 16.4. The van der Waals surface area contributed by atoms with Crippen molar-refractivity contribution in [1.82, 2.24) is 9.97 Å². The second kappa shape index (κ2) is 3.81. The maximum atomic E-state index is 11.2. The predicted molar refractivity (Wildman–Crippen MR) is 69.1 cm³/mol. The molecule has 0 spiro atoms. The number of carboxylic acids is 1. The quantitative estimate of drug-likeness (QED) is 0.644. The molecule has 94 valence electrons. The van der Waals surface area contributed by atoms with E-state index in [-0.39, 0.29) is 11.4 Å². The number of aromatic carboxylic acids is 1. The molecule has 3 aromatic rings. The van der Waals surface area contributed by atoms with Gasteiger partial charge in [0, 0.05) is 16.3 Å². The van der Waals surface area contributed by atoms with E-state index in [1.165, 1.54) is 6.07 Å². The largest absolute Gasteiger partial charge is 0.476 e. The average molecular weight is 255 g/mol. The number of para-hydroxylation sites is 1. The minimum absolute atomic E-state index is 0.0605. The Kier molecular flexibility index (Phi) is 2.25. The highest BCUT2D eigenvalue weighted by molar-refractivity contribution is 6.14. The number of pyridine rings is 1. The summed E-state index contributed by atoms with van der Waals surface area (Å²) in [5.74, 6) is -1.96. The molecular formula is C13H9N3O3. The number of rotatable bonds is 2. The van der Waals surface area contributed by atoms with Gasteiger partial charge in [-0.1, -0.05) is 18.2 Å².